The van der Waals surface area contributed by atoms with E-state index in [0.717, 1.165) is 36.1 Å². The van der Waals surface area contributed by atoms with Crippen molar-refractivity contribution in [2.75, 3.05) is 18.0 Å². The van der Waals surface area contributed by atoms with Gasteiger partial charge in [-0.25, -0.2) is 4.79 Å². The van der Waals surface area contributed by atoms with Gasteiger partial charge in [-0.1, -0.05) is 31.5 Å². The molecule has 1 fully saturated rings. The minimum absolute atomic E-state index is 0.0610. The van der Waals surface area contributed by atoms with E-state index in [2.05, 4.69) is 22.0 Å². The van der Waals surface area contributed by atoms with Crippen LogP contribution >= 0.6 is 0 Å². The zero-order chi connectivity index (χ0) is 14.8. The van der Waals surface area contributed by atoms with Crippen LogP contribution in [0.4, 0.5) is 5.69 Å². The van der Waals surface area contributed by atoms with Gasteiger partial charge in [0, 0.05) is 18.5 Å². The van der Waals surface area contributed by atoms with Gasteiger partial charge < -0.3 is 10.0 Å². The monoisotopic (exact) mass is 285 g/mol. The van der Waals surface area contributed by atoms with Crippen molar-refractivity contribution in [1.29, 1.82) is 0 Å². The third-order valence-electron chi connectivity index (χ3n) is 4.14. The van der Waals surface area contributed by atoms with Gasteiger partial charge in [-0.2, -0.15) is 0 Å². The number of nitrogens with zero attached hydrogens (tertiary/aromatic N) is 3. The summed E-state index contributed by atoms with van der Waals surface area (Å²) >= 11 is 0. The van der Waals surface area contributed by atoms with E-state index >= 15 is 0 Å². The van der Waals surface area contributed by atoms with E-state index in [9.17, 15) is 9.90 Å². The predicted molar refractivity (Wildman–Crippen MR) is 81.7 cm³/mol. The summed E-state index contributed by atoms with van der Waals surface area (Å²) < 4.78 is 0. The third-order valence-corrected chi connectivity index (χ3v) is 4.14. The number of carboxylic acid groups (broad SMARTS) is 1. The molecule has 1 unspecified atom stereocenters. The van der Waals surface area contributed by atoms with Crippen LogP contribution in [0.1, 0.15) is 36.7 Å². The minimum Gasteiger partial charge on any atom is -0.476 e. The van der Waals surface area contributed by atoms with E-state index < -0.39 is 5.97 Å². The largest absolute Gasteiger partial charge is 0.476 e. The Labute approximate surface area is 123 Å². The average Bonchev–Trinajstić information content (AvgIpc) is 2.94. The fourth-order valence-corrected chi connectivity index (χ4v) is 3.18. The smallest absolute Gasteiger partial charge is 0.358 e. The molecule has 0 saturated carbocycles. The van der Waals surface area contributed by atoms with Crippen molar-refractivity contribution in [2.45, 2.75) is 26.2 Å². The molecule has 21 heavy (non-hydrogen) atoms. The minimum atomic E-state index is -1.01. The van der Waals surface area contributed by atoms with Crippen molar-refractivity contribution >= 4 is 22.6 Å². The zero-order valence-electron chi connectivity index (χ0n) is 12.1. The standard InChI is InChI=1S/C16H19N3O2/c1-2-5-11-8-9-19(10-11)15-12-6-3-4-7-13(12)17-18-14(15)16(20)21/h3-4,6-7,11H,2,5,8-10H2,1H3,(H,20,21). The van der Waals surface area contributed by atoms with Gasteiger partial charge in [-0.15, -0.1) is 10.2 Å². The van der Waals surface area contributed by atoms with Crippen molar-refractivity contribution in [3.8, 4) is 0 Å². The van der Waals surface area contributed by atoms with E-state index in [0.29, 0.717) is 5.92 Å². The molecular weight excluding hydrogens is 266 g/mol. The number of carbonyl (C=O) groups is 1. The molecule has 0 aliphatic carbocycles. The van der Waals surface area contributed by atoms with Gasteiger partial charge in [0.1, 0.15) is 0 Å². The maximum absolute atomic E-state index is 11.5. The predicted octanol–water partition coefficient (Wildman–Crippen LogP) is 2.95. The normalized spacial score (nSPS) is 18.3. The molecule has 1 aliphatic rings. The molecule has 5 heteroatoms. The van der Waals surface area contributed by atoms with Gasteiger partial charge in [-0.3, -0.25) is 0 Å². The molecule has 1 aromatic heterocycles. The van der Waals surface area contributed by atoms with Gasteiger partial charge in [0.25, 0.3) is 0 Å². The molecule has 1 atom stereocenters. The first-order chi connectivity index (χ1) is 10.2. The first-order valence-corrected chi connectivity index (χ1v) is 7.44. The highest BCUT2D eigenvalue weighted by Gasteiger charge is 2.28. The molecule has 1 aliphatic heterocycles. The molecule has 1 saturated heterocycles. The summed E-state index contributed by atoms with van der Waals surface area (Å²) in [5, 5.41) is 18.3. The molecule has 0 spiro atoms. The maximum atomic E-state index is 11.5. The highest BCUT2D eigenvalue weighted by Crippen LogP contribution is 2.33. The van der Waals surface area contributed by atoms with Gasteiger partial charge >= 0.3 is 5.97 Å². The van der Waals surface area contributed by atoms with E-state index in [1.54, 1.807) is 0 Å². The van der Waals surface area contributed by atoms with Crippen LogP contribution in [0, 0.1) is 5.92 Å². The number of hydrogen-bond acceptors (Lipinski definition) is 4. The molecule has 0 amide bonds. The van der Waals surface area contributed by atoms with Crippen LogP contribution in [0.15, 0.2) is 24.3 Å². The second-order valence-corrected chi connectivity index (χ2v) is 5.61. The number of rotatable bonds is 4. The Kier molecular flexibility index (Phi) is 3.73. The highest BCUT2D eigenvalue weighted by molar-refractivity contribution is 6.02. The molecule has 3 rings (SSSR count). The average molecular weight is 285 g/mol. The Hall–Kier alpha value is -2.17. The van der Waals surface area contributed by atoms with Crippen LogP contribution < -0.4 is 4.90 Å². The Balaban J connectivity index is 2.07. The number of aromatic carboxylic acids is 1. The first-order valence-electron chi connectivity index (χ1n) is 7.44. The molecule has 1 N–H and O–H groups in total. The number of benzene rings is 1. The van der Waals surface area contributed by atoms with E-state index in [1.807, 2.05) is 24.3 Å². The fourth-order valence-electron chi connectivity index (χ4n) is 3.18. The molecule has 1 aromatic carbocycles. The Morgan fingerprint density at radius 3 is 2.95 bits per heavy atom. The molecule has 0 bridgehead atoms. The van der Waals surface area contributed by atoms with Gasteiger partial charge in [0.2, 0.25) is 0 Å². The Morgan fingerprint density at radius 2 is 2.19 bits per heavy atom. The van der Waals surface area contributed by atoms with E-state index in [1.165, 1.54) is 12.8 Å². The van der Waals surface area contributed by atoms with Crippen LogP contribution in [0.25, 0.3) is 10.9 Å². The van der Waals surface area contributed by atoms with E-state index in [4.69, 9.17) is 0 Å². The van der Waals surface area contributed by atoms with Crippen LogP contribution in [-0.4, -0.2) is 34.4 Å². The quantitative estimate of drug-likeness (QED) is 0.935. The number of aromatic nitrogens is 2. The van der Waals surface area contributed by atoms with Crippen LogP contribution in [0.2, 0.25) is 0 Å². The molecule has 2 heterocycles. The molecule has 5 nitrogen and oxygen atoms in total. The van der Waals surface area contributed by atoms with Gasteiger partial charge in [-0.05, 0) is 24.8 Å². The highest BCUT2D eigenvalue weighted by atomic mass is 16.4. The first kappa shape index (κ1) is 13.8. The summed E-state index contributed by atoms with van der Waals surface area (Å²) in [7, 11) is 0. The van der Waals surface area contributed by atoms with Crippen LogP contribution in [-0.2, 0) is 0 Å². The SMILES string of the molecule is CCCC1CCN(c2c(C(=O)O)nnc3ccccc23)C1. The molecular formula is C16H19N3O2. The van der Waals surface area contributed by atoms with Crippen molar-refractivity contribution < 1.29 is 9.90 Å². The van der Waals surface area contributed by atoms with Crippen molar-refractivity contribution in [2.24, 2.45) is 5.92 Å². The van der Waals surface area contributed by atoms with Crippen molar-refractivity contribution in [3.63, 3.8) is 0 Å². The summed E-state index contributed by atoms with van der Waals surface area (Å²) in [6.07, 6.45) is 3.47. The summed E-state index contributed by atoms with van der Waals surface area (Å²) in [5.41, 5.74) is 1.54. The summed E-state index contributed by atoms with van der Waals surface area (Å²) in [6.45, 7) is 3.99. The lowest BCUT2D eigenvalue weighted by Crippen LogP contribution is -2.23. The third kappa shape index (κ3) is 2.55. The topological polar surface area (TPSA) is 66.3 Å². The number of fused-ring (bicyclic) bond motifs is 1. The van der Waals surface area contributed by atoms with Gasteiger partial charge in [0.15, 0.2) is 5.69 Å². The second-order valence-electron chi connectivity index (χ2n) is 5.61. The summed E-state index contributed by atoms with van der Waals surface area (Å²) in [6, 6.07) is 7.61. The summed E-state index contributed by atoms with van der Waals surface area (Å²) in [4.78, 5) is 13.7. The molecule has 110 valence electrons. The maximum Gasteiger partial charge on any atom is 0.358 e. The van der Waals surface area contributed by atoms with E-state index in [-0.39, 0.29) is 5.69 Å². The Bertz CT molecular complexity index is 672. The Morgan fingerprint density at radius 1 is 1.38 bits per heavy atom. The number of anilines is 1. The fraction of sp³-hybridized carbons (Fsp3) is 0.438. The zero-order valence-corrected chi connectivity index (χ0v) is 12.1. The molecule has 0 radical (unpaired) electrons. The lowest BCUT2D eigenvalue weighted by atomic mass is 10.0. The number of hydrogen-bond donors (Lipinski definition) is 1. The van der Waals surface area contributed by atoms with Crippen molar-refractivity contribution in [1.82, 2.24) is 10.2 Å². The van der Waals surface area contributed by atoms with Gasteiger partial charge in [0.05, 0.1) is 11.2 Å². The molecule has 2 aromatic rings. The van der Waals surface area contributed by atoms with Crippen LogP contribution in [0.3, 0.4) is 0 Å². The second kappa shape index (κ2) is 5.68. The van der Waals surface area contributed by atoms with Crippen LogP contribution in [0.5, 0.6) is 0 Å². The number of carboxylic acids is 1. The summed E-state index contributed by atoms with van der Waals surface area (Å²) in [5.74, 6) is -0.370. The lowest BCUT2D eigenvalue weighted by Gasteiger charge is -2.21. The van der Waals surface area contributed by atoms with Crippen molar-refractivity contribution in [3.05, 3.63) is 30.0 Å². The lowest BCUT2D eigenvalue weighted by molar-refractivity contribution is 0.0690.